The molecule has 0 aliphatic heterocycles. The lowest BCUT2D eigenvalue weighted by Gasteiger charge is -2.30. The number of rotatable bonds is 7. The Hall–Kier alpha value is -0.350. The van der Waals surface area contributed by atoms with Crippen molar-refractivity contribution in [1.82, 2.24) is 15.1 Å². The fraction of sp³-hybridized carbons (Fsp3) is 0.812. The first kappa shape index (κ1) is 17.7. The summed E-state index contributed by atoms with van der Waals surface area (Å²) in [4.78, 5) is 0. The van der Waals surface area contributed by atoms with Crippen molar-refractivity contribution in [2.75, 3.05) is 7.05 Å². The third-order valence-corrected chi connectivity index (χ3v) is 4.91. The number of aryl methyl sites for hydroxylation is 2. The Balaban J connectivity index is 2.68. The SMILES string of the molecule is CCc1nn(CC)c(CCCC(NC)C(C)(C)C)c1Br. The van der Waals surface area contributed by atoms with Crippen molar-refractivity contribution < 1.29 is 0 Å². The molecule has 0 aliphatic rings. The Morgan fingerprint density at radius 1 is 1.30 bits per heavy atom. The molecule has 20 heavy (non-hydrogen) atoms. The summed E-state index contributed by atoms with van der Waals surface area (Å²) in [7, 11) is 2.07. The van der Waals surface area contributed by atoms with E-state index in [9.17, 15) is 0 Å². The molecule has 0 radical (unpaired) electrons. The minimum atomic E-state index is 0.311. The smallest absolute Gasteiger partial charge is 0.0766 e. The molecule has 1 rings (SSSR count). The summed E-state index contributed by atoms with van der Waals surface area (Å²) in [5.74, 6) is 0. The molecule has 0 spiro atoms. The summed E-state index contributed by atoms with van der Waals surface area (Å²) >= 11 is 3.73. The molecule has 4 heteroatoms. The minimum absolute atomic E-state index is 0.311. The monoisotopic (exact) mass is 343 g/mol. The summed E-state index contributed by atoms with van der Waals surface area (Å²) in [6.45, 7) is 12.2. The van der Waals surface area contributed by atoms with Crippen LogP contribution in [0.25, 0.3) is 0 Å². The average molecular weight is 344 g/mol. The molecule has 1 unspecified atom stereocenters. The lowest BCUT2D eigenvalue weighted by Crippen LogP contribution is -2.37. The maximum absolute atomic E-state index is 4.67. The second kappa shape index (κ2) is 7.60. The maximum Gasteiger partial charge on any atom is 0.0766 e. The second-order valence-corrected chi connectivity index (χ2v) is 7.27. The fourth-order valence-corrected chi connectivity index (χ4v) is 3.50. The van der Waals surface area contributed by atoms with E-state index in [0.717, 1.165) is 19.4 Å². The summed E-state index contributed by atoms with van der Waals surface area (Å²) in [6.07, 6.45) is 4.47. The zero-order valence-corrected chi connectivity index (χ0v) is 15.5. The van der Waals surface area contributed by atoms with E-state index >= 15 is 0 Å². The summed E-state index contributed by atoms with van der Waals surface area (Å²) in [6, 6.07) is 0.560. The highest BCUT2D eigenvalue weighted by Gasteiger charge is 2.22. The van der Waals surface area contributed by atoms with Crippen molar-refractivity contribution in [3.05, 3.63) is 15.9 Å². The molecule has 1 atom stereocenters. The average Bonchev–Trinajstić information content (AvgIpc) is 2.69. The predicted octanol–water partition coefficient (Wildman–Crippen LogP) is 4.18. The summed E-state index contributed by atoms with van der Waals surface area (Å²) in [5, 5.41) is 8.12. The molecular formula is C16H30BrN3. The third-order valence-electron chi connectivity index (χ3n) is 3.99. The van der Waals surface area contributed by atoms with E-state index in [4.69, 9.17) is 0 Å². The van der Waals surface area contributed by atoms with Gasteiger partial charge in [0.1, 0.15) is 0 Å². The lowest BCUT2D eigenvalue weighted by molar-refractivity contribution is 0.263. The fourth-order valence-electron chi connectivity index (χ4n) is 2.74. The van der Waals surface area contributed by atoms with Crippen LogP contribution in [-0.4, -0.2) is 22.9 Å². The normalized spacial score (nSPS) is 13.8. The molecule has 0 bridgehead atoms. The van der Waals surface area contributed by atoms with Gasteiger partial charge in [-0.2, -0.15) is 5.10 Å². The molecule has 1 heterocycles. The van der Waals surface area contributed by atoms with E-state index in [1.165, 1.54) is 28.7 Å². The lowest BCUT2D eigenvalue weighted by atomic mass is 9.84. The number of nitrogens with zero attached hydrogens (tertiary/aromatic N) is 2. The topological polar surface area (TPSA) is 29.9 Å². The molecule has 3 nitrogen and oxygen atoms in total. The number of nitrogens with one attached hydrogen (secondary N) is 1. The van der Waals surface area contributed by atoms with Crippen LogP contribution in [0.15, 0.2) is 4.47 Å². The Kier molecular flexibility index (Phi) is 6.73. The van der Waals surface area contributed by atoms with Crippen LogP contribution >= 0.6 is 15.9 Å². The van der Waals surface area contributed by atoms with Crippen molar-refractivity contribution in [2.24, 2.45) is 5.41 Å². The van der Waals surface area contributed by atoms with Gasteiger partial charge in [-0.15, -0.1) is 0 Å². The zero-order chi connectivity index (χ0) is 15.3. The second-order valence-electron chi connectivity index (χ2n) is 6.48. The molecule has 0 saturated heterocycles. The van der Waals surface area contributed by atoms with Gasteiger partial charge < -0.3 is 5.32 Å². The highest BCUT2D eigenvalue weighted by atomic mass is 79.9. The molecule has 0 saturated carbocycles. The largest absolute Gasteiger partial charge is 0.316 e. The molecule has 1 N–H and O–H groups in total. The number of hydrogen-bond acceptors (Lipinski definition) is 2. The Morgan fingerprint density at radius 3 is 2.40 bits per heavy atom. The van der Waals surface area contributed by atoms with E-state index < -0.39 is 0 Å². The quantitative estimate of drug-likeness (QED) is 0.804. The van der Waals surface area contributed by atoms with Gasteiger partial charge in [0, 0.05) is 12.6 Å². The van der Waals surface area contributed by atoms with E-state index in [1.807, 2.05) is 0 Å². The maximum atomic E-state index is 4.67. The zero-order valence-electron chi connectivity index (χ0n) is 13.9. The van der Waals surface area contributed by atoms with Crippen molar-refractivity contribution in [3.8, 4) is 0 Å². The van der Waals surface area contributed by atoms with Gasteiger partial charge in [0.15, 0.2) is 0 Å². The van der Waals surface area contributed by atoms with Crippen molar-refractivity contribution in [2.45, 2.75) is 72.9 Å². The summed E-state index contributed by atoms with van der Waals surface area (Å²) in [5.41, 5.74) is 2.85. The van der Waals surface area contributed by atoms with E-state index in [-0.39, 0.29) is 0 Å². The summed E-state index contributed by atoms with van der Waals surface area (Å²) < 4.78 is 3.37. The molecule has 0 amide bonds. The van der Waals surface area contributed by atoms with Crippen LogP contribution in [-0.2, 0) is 19.4 Å². The molecule has 1 aromatic rings. The molecule has 0 aliphatic carbocycles. The Bertz CT molecular complexity index is 418. The first-order chi connectivity index (χ1) is 9.35. The van der Waals surface area contributed by atoms with Gasteiger partial charge in [-0.1, -0.05) is 27.7 Å². The van der Waals surface area contributed by atoms with Gasteiger partial charge in [0.05, 0.1) is 15.9 Å². The first-order valence-corrected chi connectivity index (χ1v) is 8.55. The Morgan fingerprint density at radius 2 is 1.95 bits per heavy atom. The van der Waals surface area contributed by atoms with E-state index in [0.29, 0.717) is 11.5 Å². The van der Waals surface area contributed by atoms with Gasteiger partial charge in [-0.05, 0) is 61.0 Å². The van der Waals surface area contributed by atoms with Crippen LogP contribution in [0.2, 0.25) is 0 Å². The van der Waals surface area contributed by atoms with Crippen molar-refractivity contribution in [1.29, 1.82) is 0 Å². The van der Waals surface area contributed by atoms with Gasteiger partial charge in [-0.3, -0.25) is 4.68 Å². The number of hydrogen-bond donors (Lipinski definition) is 1. The Labute approximate surface area is 132 Å². The predicted molar refractivity (Wildman–Crippen MR) is 90.2 cm³/mol. The number of aromatic nitrogens is 2. The van der Waals surface area contributed by atoms with Crippen molar-refractivity contribution in [3.63, 3.8) is 0 Å². The van der Waals surface area contributed by atoms with Crippen LogP contribution in [0.4, 0.5) is 0 Å². The molecular weight excluding hydrogens is 314 g/mol. The van der Waals surface area contributed by atoms with Crippen LogP contribution < -0.4 is 5.32 Å². The highest BCUT2D eigenvalue weighted by molar-refractivity contribution is 9.10. The number of halogens is 1. The van der Waals surface area contributed by atoms with E-state index in [2.05, 4.69) is 72.7 Å². The molecule has 0 aromatic carbocycles. The van der Waals surface area contributed by atoms with Gasteiger partial charge in [0.25, 0.3) is 0 Å². The standard InChI is InChI=1S/C16H30BrN3/c1-7-12-15(17)13(20(8-2)19-12)10-9-11-14(18-6)16(3,4)5/h14,18H,7-11H2,1-6H3. The van der Waals surface area contributed by atoms with Gasteiger partial charge in [0.2, 0.25) is 0 Å². The molecule has 116 valence electrons. The van der Waals surface area contributed by atoms with Crippen LogP contribution in [0, 0.1) is 5.41 Å². The first-order valence-electron chi connectivity index (χ1n) is 7.76. The van der Waals surface area contributed by atoms with Crippen molar-refractivity contribution >= 4 is 15.9 Å². The van der Waals surface area contributed by atoms with Gasteiger partial charge in [-0.25, -0.2) is 0 Å². The van der Waals surface area contributed by atoms with E-state index in [1.54, 1.807) is 0 Å². The van der Waals surface area contributed by atoms with Crippen LogP contribution in [0.1, 0.15) is 58.8 Å². The minimum Gasteiger partial charge on any atom is -0.316 e. The third kappa shape index (κ3) is 4.32. The highest BCUT2D eigenvalue weighted by Crippen LogP contribution is 2.26. The molecule has 0 fully saturated rings. The van der Waals surface area contributed by atoms with Crippen LogP contribution in [0.5, 0.6) is 0 Å². The van der Waals surface area contributed by atoms with Gasteiger partial charge >= 0.3 is 0 Å². The molecule has 1 aromatic heterocycles. The van der Waals surface area contributed by atoms with Crippen LogP contribution in [0.3, 0.4) is 0 Å².